The number of carbonyl (C=O) groups is 3. The lowest BCUT2D eigenvalue weighted by Gasteiger charge is -2.49. The molecule has 0 spiro atoms. The monoisotopic (exact) mass is 270 g/mol. The molecule has 18 heavy (non-hydrogen) atoms. The first-order chi connectivity index (χ1) is 8.47. The summed E-state index contributed by atoms with van der Waals surface area (Å²) in [6.07, 6.45) is 0.307. The molecule has 98 valence electrons. The van der Waals surface area contributed by atoms with Crippen molar-refractivity contribution >= 4 is 29.5 Å². The molecule has 6 nitrogen and oxygen atoms in total. The lowest BCUT2D eigenvalue weighted by molar-refractivity contribution is -0.150. The SMILES string of the molecule is CCC(=O)NC1C(=O)N2C(C(=O)O)=C(C)CS[C@@H]12. The third-order valence-electron chi connectivity index (χ3n) is 3.00. The molecule has 2 N–H and O–H groups in total. The molecule has 7 heteroatoms. The van der Waals surface area contributed by atoms with Crippen molar-refractivity contribution in [2.75, 3.05) is 5.75 Å². The Morgan fingerprint density at radius 2 is 2.22 bits per heavy atom. The number of thioether (sulfide) groups is 1. The van der Waals surface area contributed by atoms with Crippen LogP contribution in [0.1, 0.15) is 20.3 Å². The number of amides is 2. The Bertz CT molecular complexity index is 460. The van der Waals surface area contributed by atoms with Crippen LogP contribution in [0.4, 0.5) is 0 Å². The Balaban J connectivity index is 2.18. The van der Waals surface area contributed by atoms with Gasteiger partial charge < -0.3 is 10.4 Å². The smallest absolute Gasteiger partial charge is 0.352 e. The molecule has 2 aliphatic heterocycles. The molecule has 0 aromatic heterocycles. The highest BCUT2D eigenvalue weighted by atomic mass is 32.2. The molecule has 0 saturated carbocycles. The van der Waals surface area contributed by atoms with E-state index in [4.69, 9.17) is 5.11 Å². The van der Waals surface area contributed by atoms with Crippen LogP contribution in [0.25, 0.3) is 0 Å². The van der Waals surface area contributed by atoms with E-state index in [-0.39, 0.29) is 22.9 Å². The number of hydrogen-bond acceptors (Lipinski definition) is 4. The van der Waals surface area contributed by atoms with E-state index in [0.29, 0.717) is 17.7 Å². The summed E-state index contributed by atoms with van der Waals surface area (Å²) < 4.78 is 0. The number of fused-ring (bicyclic) bond motifs is 1. The summed E-state index contributed by atoms with van der Waals surface area (Å²) >= 11 is 1.48. The predicted molar refractivity (Wildman–Crippen MR) is 65.6 cm³/mol. The summed E-state index contributed by atoms with van der Waals surface area (Å²) in [4.78, 5) is 35.6. The van der Waals surface area contributed by atoms with Gasteiger partial charge in [0.15, 0.2) is 0 Å². The van der Waals surface area contributed by atoms with Gasteiger partial charge in [-0.05, 0) is 12.5 Å². The van der Waals surface area contributed by atoms with Crippen molar-refractivity contribution in [1.29, 1.82) is 0 Å². The fourth-order valence-corrected chi connectivity index (χ4v) is 3.34. The molecule has 0 radical (unpaired) electrons. The van der Waals surface area contributed by atoms with Crippen LogP contribution in [0, 0.1) is 0 Å². The molecular formula is C11H14N2O4S. The van der Waals surface area contributed by atoms with Crippen molar-refractivity contribution in [1.82, 2.24) is 10.2 Å². The first kappa shape index (κ1) is 12.9. The van der Waals surface area contributed by atoms with Crippen molar-refractivity contribution in [3.8, 4) is 0 Å². The van der Waals surface area contributed by atoms with E-state index in [1.54, 1.807) is 13.8 Å². The molecule has 1 unspecified atom stereocenters. The van der Waals surface area contributed by atoms with E-state index in [1.807, 2.05) is 0 Å². The third kappa shape index (κ3) is 1.88. The minimum Gasteiger partial charge on any atom is -0.477 e. The van der Waals surface area contributed by atoms with E-state index in [9.17, 15) is 14.4 Å². The zero-order valence-electron chi connectivity index (χ0n) is 10.1. The molecule has 2 atom stereocenters. The molecule has 0 aliphatic carbocycles. The van der Waals surface area contributed by atoms with Gasteiger partial charge >= 0.3 is 5.97 Å². The Kier molecular flexibility index (Phi) is 3.34. The van der Waals surface area contributed by atoms with Crippen LogP contribution in [0.2, 0.25) is 0 Å². The number of hydrogen-bond donors (Lipinski definition) is 2. The van der Waals surface area contributed by atoms with Gasteiger partial charge in [0, 0.05) is 12.2 Å². The number of nitrogens with zero attached hydrogens (tertiary/aromatic N) is 1. The molecule has 0 bridgehead atoms. The Hall–Kier alpha value is -1.50. The minimum atomic E-state index is -1.09. The van der Waals surface area contributed by atoms with Crippen LogP contribution < -0.4 is 5.32 Å². The third-order valence-corrected chi connectivity index (χ3v) is 4.42. The standard InChI is InChI=1S/C11H14N2O4S/c1-3-6(14)12-7-9(15)13-8(11(16)17)5(2)4-18-10(7)13/h7,10H,3-4H2,1-2H3,(H,12,14)(H,16,17)/t7?,10-/m0/s1. The van der Waals surface area contributed by atoms with Crippen molar-refractivity contribution in [2.24, 2.45) is 0 Å². The molecule has 2 heterocycles. The van der Waals surface area contributed by atoms with Crippen LogP contribution >= 0.6 is 11.8 Å². The summed E-state index contributed by atoms with van der Waals surface area (Å²) in [5.41, 5.74) is 0.739. The van der Waals surface area contributed by atoms with Crippen LogP contribution in [0.5, 0.6) is 0 Å². The van der Waals surface area contributed by atoms with Gasteiger partial charge in [-0.15, -0.1) is 11.8 Å². The van der Waals surface area contributed by atoms with Gasteiger partial charge in [-0.25, -0.2) is 4.79 Å². The zero-order valence-corrected chi connectivity index (χ0v) is 10.9. The number of aliphatic carboxylic acids is 1. The molecule has 0 aromatic carbocycles. The second-order valence-corrected chi connectivity index (χ2v) is 5.35. The Morgan fingerprint density at radius 3 is 2.78 bits per heavy atom. The van der Waals surface area contributed by atoms with Gasteiger partial charge in [0.2, 0.25) is 5.91 Å². The van der Waals surface area contributed by atoms with Crippen molar-refractivity contribution in [3.63, 3.8) is 0 Å². The average molecular weight is 270 g/mol. The molecule has 2 amide bonds. The van der Waals surface area contributed by atoms with Crippen molar-refractivity contribution in [3.05, 3.63) is 11.3 Å². The molecule has 2 aliphatic rings. The van der Waals surface area contributed by atoms with Gasteiger partial charge in [0.1, 0.15) is 17.1 Å². The molecule has 1 fully saturated rings. The van der Waals surface area contributed by atoms with Crippen LogP contribution in [0.15, 0.2) is 11.3 Å². The second kappa shape index (κ2) is 4.64. The second-order valence-electron chi connectivity index (χ2n) is 4.24. The number of β-lactam (4-membered cyclic amide) rings is 1. The van der Waals surface area contributed by atoms with E-state index in [0.717, 1.165) is 0 Å². The van der Waals surface area contributed by atoms with Crippen molar-refractivity contribution in [2.45, 2.75) is 31.7 Å². The average Bonchev–Trinajstić information content (AvgIpc) is 2.34. The van der Waals surface area contributed by atoms with Crippen LogP contribution in [0.3, 0.4) is 0 Å². The lowest BCUT2D eigenvalue weighted by Crippen LogP contribution is -2.70. The zero-order chi connectivity index (χ0) is 13.4. The number of carboxylic acid groups (broad SMARTS) is 1. The summed E-state index contributed by atoms with van der Waals surface area (Å²) in [5.74, 6) is -1.07. The normalized spacial score (nSPS) is 26.6. The summed E-state index contributed by atoms with van der Waals surface area (Å²) in [5, 5.41) is 11.4. The predicted octanol–water partition coefficient (Wildman–Crippen LogP) is 0.155. The molecule has 2 rings (SSSR count). The number of rotatable bonds is 3. The van der Waals surface area contributed by atoms with E-state index in [1.165, 1.54) is 16.7 Å². The number of nitrogens with one attached hydrogen (secondary N) is 1. The largest absolute Gasteiger partial charge is 0.477 e. The molecule has 0 aromatic rings. The maximum Gasteiger partial charge on any atom is 0.352 e. The number of carbonyl (C=O) groups excluding carboxylic acids is 2. The number of carboxylic acids is 1. The fourth-order valence-electron chi connectivity index (χ4n) is 2.05. The van der Waals surface area contributed by atoms with Gasteiger partial charge in [-0.2, -0.15) is 0 Å². The molecule has 1 saturated heterocycles. The fraction of sp³-hybridized carbons (Fsp3) is 0.545. The van der Waals surface area contributed by atoms with E-state index < -0.39 is 12.0 Å². The Morgan fingerprint density at radius 1 is 1.56 bits per heavy atom. The lowest BCUT2D eigenvalue weighted by atomic mass is 10.0. The van der Waals surface area contributed by atoms with Gasteiger partial charge in [-0.3, -0.25) is 14.5 Å². The summed E-state index contributed by atoms with van der Waals surface area (Å²) in [6, 6.07) is -0.593. The highest BCUT2D eigenvalue weighted by Gasteiger charge is 2.53. The maximum absolute atomic E-state index is 11.9. The van der Waals surface area contributed by atoms with Gasteiger partial charge in [-0.1, -0.05) is 6.92 Å². The summed E-state index contributed by atoms with van der Waals surface area (Å²) in [6.45, 7) is 3.41. The van der Waals surface area contributed by atoms with Crippen LogP contribution in [-0.4, -0.2) is 45.0 Å². The van der Waals surface area contributed by atoms with Gasteiger partial charge in [0.25, 0.3) is 5.91 Å². The first-order valence-electron chi connectivity index (χ1n) is 5.64. The maximum atomic E-state index is 11.9. The van der Waals surface area contributed by atoms with E-state index in [2.05, 4.69) is 5.32 Å². The van der Waals surface area contributed by atoms with Gasteiger partial charge in [0.05, 0.1) is 0 Å². The summed E-state index contributed by atoms with van der Waals surface area (Å²) in [7, 11) is 0. The highest BCUT2D eigenvalue weighted by molar-refractivity contribution is 8.00. The Labute approximate surface area is 108 Å². The minimum absolute atomic E-state index is 0.0609. The quantitative estimate of drug-likeness (QED) is 0.713. The first-order valence-corrected chi connectivity index (χ1v) is 6.69. The van der Waals surface area contributed by atoms with Crippen molar-refractivity contribution < 1.29 is 19.5 Å². The van der Waals surface area contributed by atoms with Crippen LogP contribution in [-0.2, 0) is 14.4 Å². The highest BCUT2D eigenvalue weighted by Crippen LogP contribution is 2.39. The molecular weight excluding hydrogens is 256 g/mol. The topological polar surface area (TPSA) is 86.7 Å². The van der Waals surface area contributed by atoms with E-state index >= 15 is 0 Å².